The first-order valence-corrected chi connectivity index (χ1v) is 29.1. The van der Waals surface area contributed by atoms with Gasteiger partial charge in [0.15, 0.2) is 11.3 Å². The number of likely N-dealkylation sites (N-methyl/N-ethyl adjacent to an activating group) is 2. The molecule has 7 rings (SSSR count). The maximum atomic E-state index is 15.0. The molecule has 1 aromatic rings. The molecule has 30 nitrogen and oxygen atoms in total. The fourth-order valence-corrected chi connectivity index (χ4v) is 11.2. The van der Waals surface area contributed by atoms with Gasteiger partial charge >= 0.3 is 11.9 Å². The van der Waals surface area contributed by atoms with Crippen molar-refractivity contribution in [1.29, 1.82) is 0 Å². The van der Waals surface area contributed by atoms with Crippen LogP contribution in [0.1, 0.15) is 113 Å². The van der Waals surface area contributed by atoms with Gasteiger partial charge < -0.3 is 81.3 Å². The van der Waals surface area contributed by atoms with Crippen molar-refractivity contribution in [2.24, 2.45) is 11.8 Å². The molecule has 1 aromatic carbocycles. The number of aryl methyl sites for hydroxylation is 1. The number of benzene rings is 2. The maximum absolute atomic E-state index is 15.0. The first-order valence-electron chi connectivity index (χ1n) is 29.1. The Kier molecular flexibility index (Phi) is 20.5. The number of nitrogens with zero attached hydrogens (tertiary/aromatic N) is 5. The molecule has 6 aliphatic rings. The van der Waals surface area contributed by atoms with Crippen LogP contribution < -0.4 is 43.1 Å². The zero-order chi connectivity index (χ0) is 65.2. The molecule has 1 aliphatic carbocycles. The molecular weight excluding hydrogens is 1150 g/mol. The largest absolute Gasteiger partial charge is 0.458 e. The van der Waals surface area contributed by atoms with Crippen molar-refractivity contribution in [3.63, 3.8) is 0 Å². The lowest BCUT2D eigenvalue weighted by Gasteiger charge is -2.34. The summed E-state index contributed by atoms with van der Waals surface area (Å²) in [5, 5.41) is 37.1. The van der Waals surface area contributed by atoms with Crippen LogP contribution in [0, 0.1) is 25.7 Å². The third kappa shape index (κ3) is 13.8. The highest BCUT2D eigenvalue weighted by Crippen LogP contribution is 2.35. The summed E-state index contributed by atoms with van der Waals surface area (Å²) in [6, 6.07) is -9.63. The van der Waals surface area contributed by atoms with Gasteiger partial charge in [0.2, 0.25) is 52.7 Å². The Morgan fingerprint density at radius 1 is 0.636 bits per heavy atom. The highest BCUT2D eigenvalue weighted by molar-refractivity contribution is 6.10. The van der Waals surface area contributed by atoms with Gasteiger partial charge in [-0.15, -0.1) is 0 Å². The van der Waals surface area contributed by atoms with E-state index in [9.17, 15) is 67.7 Å². The Morgan fingerprint density at radius 2 is 1.07 bits per heavy atom. The number of cyclic esters (lactones) is 2. The molecule has 0 bridgehead atoms. The number of aliphatic hydroxyl groups is 2. The number of rotatable bonds is 8. The van der Waals surface area contributed by atoms with Gasteiger partial charge in [0.05, 0.1) is 42.1 Å². The zero-order valence-corrected chi connectivity index (χ0v) is 51.1. The smallest absolute Gasteiger partial charge is 0.329 e. The van der Waals surface area contributed by atoms with Crippen LogP contribution in [0.25, 0.3) is 22.6 Å². The van der Waals surface area contributed by atoms with Crippen molar-refractivity contribution in [3.8, 4) is 11.5 Å². The lowest BCUT2D eigenvalue weighted by molar-refractivity contribution is -0.157. The van der Waals surface area contributed by atoms with Gasteiger partial charge in [-0.1, -0.05) is 33.8 Å². The van der Waals surface area contributed by atoms with Crippen LogP contribution in [-0.2, 0) is 57.4 Å². The number of hydrogen-bond donors (Lipinski definition) is 9. The number of anilines is 1. The Hall–Kier alpha value is -8.80. The summed E-state index contributed by atoms with van der Waals surface area (Å²) in [6.45, 7) is 13.2. The van der Waals surface area contributed by atoms with Gasteiger partial charge in [-0.3, -0.25) is 52.7 Å². The van der Waals surface area contributed by atoms with E-state index in [1.54, 1.807) is 34.6 Å². The zero-order valence-electron chi connectivity index (χ0n) is 51.1. The summed E-state index contributed by atoms with van der Waals surface area (Å²) in [4.78, 5) is 193. The molecule has 10 N–H and O–H groups in total. The van der Waals surface area contributed by atoms with Crippen molar-refractivity contribution in [2.45, 2.75) is 168 Å². The van der Waals surface area contributed by atoms with E-state index in [1.807, 2.05) is 0 Å². The van der Waals surface area contributed by atoms with Crippen LogP contribution in [0.4, 0.5) is 5.69 Å². The number of ether oxygens (including phenoxy) is 2. The van der Waals surface area contributed by atoms with E-state index in [0.717, 1.165) is 9.80 Å². The van der Waals surface area contributed by atoms with Crippen LogP contribution in [-0.4, -0.2) is 219 Å². The lowest BCUT2D eigenvalue weighted by atomic mass is 9.98. The standard InChI is InChI=1S/C58H78N12O18/c1-23(2)38-57(84)86-29(9)42(51(78)63-40(27(7)71)55(82)69-19-13-15-32(69)53(80)67(11)21-34(73)60-38)65-49(76)31-18-17-25(5)47-44(31)62-45-36(37(59)46(75)26(6)48(45)88-47)50(77)66-43-30(10)87-58(85)39(24(3)4)61-35(74)22-68(12)54(81)33-16-14-20-70(33)56(83)41(28(8)72)64-52(43)79/h17-18,23-24,27-30,32-33,38-43,71-72H,13-16,19-22,59H2,1-12H3,(H,60,73)(H,61,74)(H,63,78)(H,64,79)(H,65,76)(H,66,77)/t27-,28-,29+,30+,32-,33-,38-,39-,40+,41+,42-,43-/m0/s1. The topological polar surface area (TPSA) is 418 Å². The van der Waals surface area contributed by atoms with Gasteiger partial charge in [0.25, 0.3) is 11.8 Å². The third-order valence-corrected chi connectivity index (χ3v) is 16.3. The SMILES string of the molecule is Cc1c2oc3c(C)ccc(C(=O)N[C@@H]4C(=O)N[C@H]([C@H](C)O)C(=O)N5CCC[C@H]5C(=O)N(C)CC(=O)N[C@@H](C(C)C)C(=O)O[C@@H]4C)c3nc-2c(C(=O)N[C@@H]2C(=O)N[C@H]([C@H](C)O)C(=O)N3CCC[C@H]3C(=O)N(C)CC(=O)N[C@@H](C(C)C)C(=O)O[C@@H]2C)c(N)c1=O. The molecule has 30 heteroatoms. The van der Waals surface area contributed by atoms with Crippen LogP contribution >= 0.6 is 0 Å². The van der Waals surface area contributed by atoms with Crippen LogP contribution in [0.5, 0.6) is 0 Å². The summed E-state index contributed by atoms with van der Waals surface area (Å²) in [5.74, 6) is -13.1. The predicted octanol–water partition coefficient (Wildman–Crippen LogP) is -2.51. The van der Waals surface area contributed by atoms with Crippen LogP contribution in [0.3, 0.4) is 0 Å². The van der Waals surface area contributed by atoms with E-state index < -0.39 is 191 Å². The maximum Gasteiger partial charge on any atom is 0.329 e. The van der Waals surface area contributed by atoms with E-state index in [-0.39, 0.29) is 53.9 Å². The molecule has 10 amide bonds. The normalized spacial score (nSPS) is 26.9. The summed E-state index contributed by atoms with van der Waals surface area (Å²) in [6.07, 6.45) is -5.44. The summed E-state index contributed by atoms with van der Waals surface area (Å²) >= 11 is 0. The molecule has 0 spiro atoms. The van der Waals surface area contributed by atoms with Crippen molar-refractivity contribution in [3.05, 3.63) is 44.6 Å². The van der Waals surface area contributed by atoms with E-state index in [1.165, 1.54) is 70.6 Å². The van der Waals surface area contributed by atoms with Gasteiger partial charge in [-0.25, -0.2) is 14.6 Å². The van der Waals surface area contributed by atoms with Crippen molar-refractivity contribution in [1.82, 2.24) is 56.5 Å². The fourth-order valence-electron chi connectivity index (χ4n) is 11.2. The second-order valence-corrected chi connectivity index (χ2v) is 23.7. The minimum atomic E-state index is -2.01. The number of amides is 10. The molecule has 0 radical (unpaired) electrons. The molecule has 478 valence electrons. The molecule has 5 heterocycles. The average molecular weight is 1230 g/mol. The average Bonchev–Trinajstić information content (AvgIpc) is 0.950. The van der Waals surface area contributed by atoms with Gasteiger partial charge in [-0.05, 0) is 90.7 Å². The number of esters is 2. The Bertz CT molecular complexity index is 3350. The Balaban J connectivity index is 1.31. The second kappa shape index (κ2) is 27.1. The molecule has 0 aromatic heterocycles. The highest BCUT2D eigenvalue weighted by atomic mass is 16.6. The van der Waals surface area contributed by atoms with Crippen molar-refractivity contribution >= 4 is 87.8 Å². The monoisotopic (exact) mass is 1230 g/mol. The number of hydrogen-bond acceptors (Lipinski definition) is 20. The van der Waals surface area contributed by atoms with Gasteiger partial charge in [-0.2, -0.15) is 0 Å². The Morgan fingerprint density at radius 3 is 1.49 bits per heavy atom. The number of fused-ring (bicyclic) bond motifs is 4. The number of carbonyl (C=O) groups excluding carboxylic acids is 12. The van der Waals surface area contributed by atoms with E-state index in [0.29, 0.717) is 18.4 Å². The minimum absolute atomic E-state index is 0.0330. The van der Waals surface area contributed by atoms with Crippen LogP contribution in [0.15, 0.2) is 21.3 Å². The van der Waals surface area contributed by atoms with Crippen molar-refractivity contribution in [2.75, 3.05) is 46.0 Å². The lowest BCUT2D eigenvalue weighted by Crippen LogP contribution is -2.62. The number of nitrogens with one attached hydrogen (secondary N) is 6. The predicted molar refractivity (Wildman–Crippen MR) is 310 cm³/mol. The fraction of sp³-hybridized carbons (Fsp3) is 0.586. The number of nitrogen functional groups attached to an aromatic ring is 1. The number of aliphatic hydroxyl groups excluding tert-OH is 2. The molecule has 5 aliphatic heterocycles. The first kappa shape index (κ1) is 66.7. The molecule has 0 unspecified atom stereocenters. The molecule has 4 saturated heterocycles. The molecule has 4 fully saturated rings. The molecule has 12 atom stereocenters. The first-order chi connectivity index (χ1) is 41.2. The quantitative estimate of drug-likeness (QED) is 0.0639. The van der Waals surface area contributed by atoms with Crippen molar-refractivity contribution < 1.29 is 81.6 Å². The summed E-state index contributed by atoms with van der Waals surface area (Å²) < 4.78 is 17.9. The second-order valence-electron chi connectivity index (χ2n) is 23.7. The summed E-state index contributed by atoms with van der Waals surface area (Å²) in [7, 11) is 2.70. The number of carbonyl (C=O) groups is 12. The van der Waals surface area contributed by atoms with E-state index >= 15 is 4.79 Å². The third-order valence-electron chi connectivity index (χ3n) is 16.3. The molecular formula is C58H78N12O18. The van der Waals surface area contributed by atoms with Crippen LogP contribution in [0.2, 0.25) is 0 Å². The summed E-state index contributed by atoms with van der Waals surface area (Å²) in [5.41, 5.74) is 2.91. The number of nitrogens with two attached hydrogens (primary N) is 1. The highest BCUT2D eigenvalue weighted by Gasteiger charge is 2.46. The molecule has 0 saturated carbocycles. The minimum Gasteiger partial charge on any atom is -0.458 e. The molecule has 88 heavy (non-hydrogen) atoms. The van der Waals surface area contributed by atoms with E-state index in [4.69, 9.17) is 24.6 Å². The Labute approximate surface area is 506 Å². The van der Waals surface area contributed by atoms with E-state index in [2.05, 4.69) is 31.9 Å². The number of aromatic nitrogens is 1. The van der Waals surface area contributed by atoms with Gasteiger partial charge in [0.1, 0.15) is 71.8 Å². The van der Waals surface area contributed by atoms with Gasteiger partial charge in [0, 0.05) is 32.7 Å².